The first-order chi connectivity index (χ1) is 8.62. The zero-order chi connectivity index (χ0) is 13.0. The molecule has 0 aromatic heterocycles. The van der Waals surface area contributed by atoms with Gasteiger partial charge in [-0.25, -0.2) is 0 Å². The fourth-order valence-corrected chi connectivity index (χ4v) is 2.44. The van der Waals surface area contributed by atoms with E-state index in [0.717, 1.165) is 31.9 Å². The summed E-state index contributed by atoms with van der Waals surface area (Å²) in [6, 6.07) is 8.34. The van der Waals surface area contributed by atoms with Crippen molar-refractivity contribution in [2.24, 2.45) is 0 Å². The Hall–Kier alpha value is -1.06. The van der Waals surface area contributed by atoms with Crippen molar-refractivity contribution in [1.82, 2.24) is 5.32 Å². The van der Waals surface area contributed by atoms with E-state index in [1.807, 2.05) is 6.07 Å². The molecule has 3 heteroatoms. The van der Waals surface area contributed by atoms with E-state index >= 15 is 0 Å². The van der Waals surface area contributed by atoms with Gasteiger partial charge in [-0.15, -0.1) is 0 Å². The van der Waals surface area contributed by atoms with Gasteiger partial charge in [-0.1, -0.05) is 18.2 Å². The van der Waals surface area contributed by atoms with Crippen LogP contribution < -0.4 is 10.1 Å². The Balaban J connectivity index is 1.99. The van der Waals surface area contributed by atoms with Crippen LogP contribution in [0.5, 0.6) is 5.75 Å². The molecule has 0 saturated heterocycles. The maximum Gasteiger partial charge on any atom is 0.122 e. The van der Waals surface area contributed by atoms with E-state index in [0.29, 0.717) is 5.92 Å². The number of fused-ring (bicyclic) bond motifs is 1. The van der Waals surface area contributed by atoms with Gasteiger partial charge in [-0.2, -0.15) is 0 Å². The van der Waals surface area contributed by atoms with E-state index < -0.39 is 0 Å². The van der Waals surface area contributed by atoms with Gasteiger partial charge >= 0.3 is 0 Å². The van der Waals surface area contributed by atoms with Crippen molar-refractivity contribution >= 4 is 0 Å². The Morgan fingerprint density at radius 2 is 2.17 bits per heavy atom. The van der Waals surface area contributed by atoms with Crippen LogP contribution in [0.15, 0.2) is 24.3 Å². The summed E-state index contributed by atoms with van der Waals surface area (Å²) in [7, 11) is 1.74. The van der Waals surface area contributed by atoms with Gasteiger partial charge in [0.05, 0.1) is 13.2 Å². The van der Waals surface area contributed by atoms with E-state index in [9.17, 15) is 0 Å². The second-order valence-corrected chi connectivity index (χ2v) is 5.57. The number of ether oxygens (including phenoxy) is 2. The van der Waals surface area contributed by atoms with Crippen LogP contribution in [-0.4, -0.2) is 32.4 Å². The molecule has 0 aliphatic carbocycles. The molecule has 0 fully saturated rings. The number of para-hydroxylation sites is 1. The molecule has 1 N–H and O–H groups in total. The number of nitrogens with one attached hydrogen (secondary N) is 1. The third-order valence-corrected chi connectivity index (χ3v) is 3.41. The molecule has 0 radical (unpaired) electrons. The number of benzene rings is 1. The van der Waals surface area contributed by atoms with Crippen LogP contribution >= 0.6 is 0 Å². The van der Waals surface area contributed by atoms with Crippen molar-refractivity contribution in [1.29, 1.82) is 0 Å². The van der Waals surface area contributed by atoms with Gasteiger partial charge in [0.1, 0.15) is 5.75 Å². The standard InChI is InChI=1S/C15H23NO2/c1-15(2,11-17-3)16-10-12-8-9-18-14-7-5-4-6-13(12)14/h4-7,12,16H,8-11H2,1-3H3. The lowest BCUT2D eigenvalue weighted by Crippen LogP contribution is -2.45. The lowest BCUT2D eigenvalue weighted by molar-refractivity contribution is 0.126. The molecule has 1 aromatic carbocycles. The molecular weight excluding hydrogens is 226 g/mol. The predicted octanol–water partition coefficient (Wildman–Crippen LogP) is 2.57. The van der Waals surface area contributed by atoms with Gasteiger partial charge in [-0.05, 0) is 31.9 Å². The zero-order valence-corrected chi connectivity index (χ0v) is 11.5. The van der Waals surface area contributed by atoms with Crippen LogP contribution in [0.2, 0.25) is 0 Å². The van der Waals surface area contributed by atoms with Crippen molar-refractivity contribution in [2.75, 3.05) is 26.9 Å². The molecular formula is C15H23NO2. The summed E-state index contributed by atoms with van der Waals surface area (Å²) in [4.78, 5) is 0. The average molecular weight is 249 g/mol. The van der Waals surface area contributed by atoms with Gasteiger partial charge in [0.25, 0.3) is 0 Å². The van der Waals surface area contributed by atoms with E-state index in [4.69, 9.17) is 9.47 Å². The average Bonchev–Trinajstić information content (AvgIpc) is 2.36. The van der Waals surface area contributed by atoms with Crippen molar-refractivity contribution in [2.45, 2.75) is 31.7 Å². The quantitative estimate of drug-likeness (QED) is 0.870. The Kier molecular flexibility index (Phi) is 4.25. The highest BCUT2D eigenvalue weighted by Gasteiger charge is 2.24. The Morgan fingerprint density at radius 3 is 2.94 bits per heavy atom. The van der Waals surface area contributed by atoms with E-state index in [1.165, 1.54) is 5.56 Å². The van der Waals surface area contributed by atoms with E-state index in [1.54, 1.807) is 7.11 Å². The van der Waals surface area contributed by atoms with Crippen LogP contribution in [0, 0.1) is 0 Å². The molecule has 100 valence electrons. The van der Waals surface area contributed by atoms with Crippen LogP contribution in [0.3, 0.4) is 0 Å². The Bertz CT molecular complexity index is 390. The molecule has 0 saturated carbocycles. The SMILES string of the molecule is COCC(C)(C)NCC1CCOc2ccccc21. The molecule has 1 heterocycles. The topological polar surface area (TPSA) is 30.5 Å². The lowest BCUT2D eigenvalue weighted by Gasteiger charge is -2.31. The maximum atomic E-state index is 5.68. The van der Waals surface area contributed by atoms with E-state index in [2.05, 4.69) is 37.4 Å². The molecule has 1 aromatic rings. The van der Waals surface area contributed by atoms with Crippen molar-refractivity contribution in [3.63, 3.8) is 0 Å². The highest BCUT2D eigenvalue weighted by atomic mass is 16.5. The first kappa shape index (κ1) is 13.4. The third kappa shape index (κ3) is 3.24. The minimum absolute atomic E-state index is 0.0159. The largest absolute Gasteiger partial charge is 0.493 e. The van der Waals surface area contributed by atoms with Crippen molar-refractivity contribution < 1.29 is 9.47 Å². The Morgan fingerprint density at radius 1 is 1.39 bits per heavy atom. The monoisotopic (exact) mass is 249 g/mol. The molecule has 0 amide bonds. The van der Waals surface area contributed by atoms with Crippen LogP contribution in [0.1, 0.15) is 31.7 Å². The summed E-state index contributed by atoms with van der Waals surface area (Å²) in [5, 5.41) is 3.59. The highest BCUT2D eigenvalue weighted by Crippen LogP contribution is 2.33. The number of hydrogen-bond acceptors (Lipinski definition) is 3. The molecule has 1 aliphatic rings. The third-order valence-electron chi connectivity index (χ3n) is 3.41. The Labute approximate surface area is 109 Å². The lowest BCUT2D eigenvalue weighted by atomic mass is 9.92. The summed E-state index contributed by atoms with van der Waals surface area (Å²) in [6.45, 7) is 6.84. The fraction of sp³-hybridized carbons (Fsp3) is 0.600. The molecule has 3 nitrogen and oxygen atoms in total. The van der Waals surface area contributed by atoms with Crippen LogP contribution in [0.4, 0.5) is 0 Å². The summed E-state index contributed by atoms with van der Waals surface area (Å²) < 4.78 is 10.9. The first-order valence-corrected chi connectivity index (χ1v) is 6.58. The highest BCUT2D eigenvalue weighted by molar-refractivity contribution is 5.37. The van der Waals surface area contributed by atoms with Gasteiger partial charge < -0.3 is 14.8 Å². The van der Waals surface area contributed by atoms with Gasteiger partial charge in [0, 0.05) is 25.1 Å². The van der Waals surface area contributed by atoms with Gasteiger partial charge in [-0.3, -0.25) is 0 Å². The molecule has 1 atom stereocenters. The zero-order valence-electron chi connectivity index (χ0n) is 11.5. The number of rotatable bonds is 5. The van der Waals surface area contributed by atoms with Gasteiger partial charge in [0.2, 0.25) is 0 Å². The summed E-state index contributed by atoms with van der Waals surface area (Å²) in [5.74, 6) is 1.58. The minimum Gasteiger partial charge on any atom is -0.493 e. The predicted molar refractivity (Wildman–Crippen MR) is 73.3 cm³/mol. The van der Waals surface area contributed by atoms with E-state index in [-0.39, 0.29) is 5.54 Å². The fourth-order valence-electron chi connectivity index (χ4n) is 2.44. The number of methoxy groups -OCH3 is 1. The normalized spacial score (nSPS) is 19.2. The molecule has 18 heavy (non-hydrogen) atoms. The molecule has 2 rings (SSSR count). The van der Waals surface area contributed by atoms with Crippen LogP contribution in [0.25, 0.3) is 0 Å². The number of hydrogen-bond donors (Lipinski definition) is 1. The molecule has 1 unspecified atom stereocenters. The first-order valence-electron chi connectivity index (χ1n) is 6.58. The smallest absolute Gasteiger partial charge is 0.122 e. The second kappa shape index (κ2) is 5.72. The second-order valence-electron chi connectivity index (χ2n) is 5.57. The molecule has 1 aliphatic heterocycles. The summed E-state index contributed by atoms with van der Waals surface area (Å²) in [6.07, 6.45) is 1.08. The van der Waals surface area contributed by atoms with Crippen molar-refractivity contribution in [3.05, 3.63) is 29.8 Å². The summed E-state index contributed by atoms with van der Waals surface area (Å²) in [5.41, 5.74) is 1.34. The maximum absolute atomic E-state index is 5.68. The van der Waals surface area contributed by atoms with Gasteiger partial charge in [0.15, 0.2) is 0 Å². The molecule has 0 spiro atoms. The van der Waals surface area contributed by atoms with Crippen LogP contribution in [-0.2, 0) is 4.74 Å². The minimum atomic E-state index is 0.0159. The van der Waals surface area contributed by atoms with Crippen molar-refractivity contribution in [3.8, 4) is 5.75 Å². The summed E-state index contributed by atoms with van der Waals surface area (Å²) >= 11 is 0. The molecule has 0 bridgehead atoms.